The number of esters is 1. The van der Waals surface area contributed by atoms with E-state index in [-0.39, 0.29) is 10.7 Å². The molecule has 18 heavy (non-hydrogen) atoms. The van der Waals surface area contributed by atoms with Crippen molar-refractivity contribution < 1.29 is 9.53 Å². The number of hydrogen-bond acceptors (Lipinski definition) is 3. The van der Waals surface area contributed by atoms with Gasteiger partial charge in [-0.2, -0.15) is 11.8 Å². The molecule has 1 aliphatic rings. The third-order valence-corrected chi connectivity index (χ3v) is 5.19. The quantitative estimate of drug-likeness (QED) is 0.534. The molecule has 2 nitrogen and oxygen atoms in total. The predicted molar refractivity (Wildman–Crippen MR) is 78.9 cm³/mol. The molecule has 0 N–H and O–H groups in total. The fourth-order valence-corrected chi connectivity index (χ4v) is 3.59. The molecule has 0 heterocycles. The molecule has 3 heteroatoms. The summed E-state index contributed by atoms with van der Waals surface area (Å²) in [4.78, 5) is 11.3. The summed E-state index contributed by atoms with van der Waals surface area (Å²) in [6, 6.07) is 0. The topological polar surface area (TPSA) is 26.3 Å². The first-order chi connectivity index (χ1) is 8.45. The van der Waals surface area contributed by atoms with E-state index < -0.39 is 0 Å². The molecule has 0 aromatic carbocycles. The van der Waals surface area contributed by atoms with Gasteiger partial charge in [-0.05, 0) is 39.0 Å². The summed E-state index contributed by atoms with van der Waals surface area (Å²) in [7, 11) is 0. The second-order valence-electron chi connectivity index (χ2n) is 5.53. The van der Waals surface area contributed by atoms with Crippen LogP contribution in [0.5, 0.6) is 0 Å². The summed E-state index contributed by atoms with van der Waals surface area (Å²) in [5.41, 5.74) is 1.53. The molecule has 0 aliphatic heterocycles. The summed E-state index contributed by atoms with van der Waals surface area (Å²) < 4.78 is 5.21. The van der Waals surface area contributed by atoms with E-state index in [1.54, 1.807) is 0 Å². The van der Waals surface area contributed by atoms with E-state index in [0.29, 0.717) is 13.0 Å². The molecule has 104 valence electrons. The normalized spacial score (nSPS) is 20.4. The largest absolute Gasteiger partial charge is 0.466 e. The molecule has 0 aromatic heterocycles. The SMILES string of the molecule is CCOC(=O)CCSC(C)(C)C1CC=C(C)CC1. The van der Waals surface area contributed by atoms with Crippen molar-refractivity contribution in [1.29, 1.82) is 0 Å². The number of hydrogen-bond donors (Lipinski definition) is 0. The highest BCUT2D eigenvalue weighted by molar-refractivity contribution is 8.00. The fraction of sp³-hybridized carbons (Fsp3) is 0.800. The van der Waals surface area contributed by atoms with Crippen molar-refractivity contribution in [2.24, 2.45) is 5.92 Å². The van der Waals surface area contributed by atoms with Gasteiger partial charge in [-0.1, -0.05) is 25.5 Å². The van der Waals surface area contributed by atoms with Crippen molar-refractivity contribution in [1.82, 2.24) is 0 Å². The van der Waals surface area contributed by atoms with Crippen molar-refractivity contribution >= 4 is 17.7 Å². The molecular formula is C15H26O2S. The van der Waals surface area contributed by atoms with Gasteiger partial charge in [-0.3, -0.25) is 4.79 Å². The van der Waals surface area contributed by atoms with Crippen LogP contribution < -0.4 is 0 Å². The molecule has 1 unspecified atom stereocenters. The standard InChI is InChI=1S/C15H26O2S/c1-5-17-14(16)10-11-18-15(3,4)13-8-6-12(2)7-9-13/h6,13H,5,7-11H2,1-4H3. The molecule has 1 atom stereocenters. The Kier molecular flexibility index (Phi) is 6.27. The highest BCUT2D eigenvalue weighted by atomic mass is 32.2. The highest BCUT2D eigenvalue weighted by Crippen LogP contribution is 2.40. The summed E-state index contributed by atoms with van der Waals surface area (Å²) in [6.07, 6.45) is 6.60. The molecule has 0 saturated carbocycles. The summed E-state index contributed by atoms with van der Waals surface area (Å²) >= 11 is 1.91. The first-order valence-corrected chi connectivity index (χ1v) is 7.89. The zero-order chi connectivity index (χ0) is 13.6. The molecule has 0 spiro atoms. The number of ether oxygens (including phenoxy) is 1. The maximum Gasteiger partial charge on any atom is 0.306 e. The van der Waals surface area contributed by atoms with Gasteiger partial charge in [0.05, 0.1) is 13.0 Å². The lowest BCUT2D eigenvalue weighted by molar-refractivity contribution is -0.142. The van der Waals surface area contributed by atoms with Gasteiger partial charge in [-0.15, -0.1) is 0 Å². The zero-order valence-corrected chi connectivity index (χ0v) is 12.9. The lowest BCUT2D eigenvalue weighted by Gasteiger charge is -2.35. The lowest BCUT2D eigenvalue weighted by Crippen LogP contribution is -2.29. The average Bonchev–Trinajstić information content (AvgIpc) is 2.29. The molecule has 0 radical (unpaired) electrons. The van der Waals surface area contributed by atoms with Crippen LogP contribution in [0.3, 0.4) is 0 Å². The minimum absolute atomic E-state index is 0.0693. The Balaban J connectivity index is 2.33. The maximum atomic E-state index is 11.3. The van der Waals surface area contributed by atoms with E-state index in [1.807, 2.05) is 18.7 Å². The molecule has 0 saturated heterocycles. The van der Waals surface area contributed by atoms with Crippen LogP contribution >= 0.6 is 11.8 Å². The maximum absolute atomic E-state index is 11.3. The molecule has 0 amide bonds. The van der Waals surface area contributed by atoms with Gasteiger partial charge >= 0.3 is 5.97 Å². The molecular weight excluding hydrogens is 244 g/mol. The summed E-state index contributed by atoms with van der Waals surface area (Å²) in [6.45, 7) is 9.17. The van der Waals surface area contributed by atoms with Gasteiger partial charge in [0.1, 0.15) is 0 Å². The minimum atomic E-state index is -0.0693. The Morgan fingerprint density at radius 1 is 1.56 bits per heavy atom. The molecule has 0 fully saturated rings. The Morgan fingerprint density at radius 3 is 2.83 bits per heavy atom. The number of rotatable bonds is 6. The summed E-state index contributed by atoms with van der Waals surface area (Å²) in [5, 5.41) is 0. The fourth-order valence-electron chi connectivity index (χ4n) is 2.35. The smallest absolute Gasteiger partial charge is 0.306 e. The van der Waals surface area contributed by atoms with Crippen molar-refractivity contribution in [2.45, 2.75) is 58.1 Å². The number of thioether (sulfide) groups is 1. The zero-order valence-electron chi connectivity index (χ0n) is 12.1. The first-order valence-electron chi connectivity index (χ1n) is 6.91. The van der Waals surface area contributed by atoms with Crippen molar-refractivity contribution in [3.63, 3.8) is 0 Å². The van der Waals surface area contributed by atoms with Crippen molar-refractivity contribution in [3.05, 3.63) is 11.6 Å². The number of allylic oxidation sites excluding steroid dienone is 2. The van der Waals surface area contributed by atoms with Gasteiger partial charge in [0, 0.05) is 10.5 Å². The monoisotopic (exact) mass is 270 g/mol. The van der Waals surface area contributed by atoms with E-state index in [1.165, 1.54) is 24.8 Å². The van der Waals surface area contributed by atoms with Crippen LogP contribution in [-0.2, 0) is 9.53 Å². The van der Waals surface area contributed by atoms with Crippen molar-refractivity contribution in [2.75, 3.05) is 12.4 Å². The minimum Gasteiger partial charge on any atom is -0.466 e. The average molecular weight is 270 g/mol. The van der Waals surface area contributed by atoms with E-state index >= 15 is 0 Å². The third kappa shape index (κ3) is 5.05. The molecule has 0 bridgehead atoms. The molecule has 1 aliphatic carbocycles. The molecule has 0 aromatic rings. The highest BCUT2D eigenvalue weighted by Gasteiger charge is 2.30. The van der Waals surface area contributed by atoms with Gasteiger partial charge in [0.15, 0.2) is 0 Å². The molecule has 1 rings (SSSR count). The van der Waals surface area contributed by atoms with Crippen LogP contribution in [0.25, 0.3) is 0 Å². The van der Waals surface area contributed by atoms with Crippen molar-refractivity contribution in [3.8, 4) is 0 Å². The van der Waals surface area contributed by atoms with Gasteiger partial charge in [0.2, 0.25) is 0 Å². The second-order valence-corrected chi connectivity index (χ2v) is 7.28. The Hall–Kier alpha value is -0.440. The van der Waals surface area contributed by atoms with Crippen LogP contribution in [0.1, 0.15) is 53.4 Å². The van der Waals surface area contributed by atoms with Crippen LogP contribution in [0, 0.1) is 5.92 Å². The Bertz CT molecular complexity index is 308. The van der Waals surface area contributed by atoms with Gasteiger partial charge < -0.3 is 4.74 Å². The van der Waals surface area contributed by atoms with Crippen LogP contribution in [0.2, 0.25) is 0 Å². The Labute approximate surface area is 116 Å². The van der Waals surface area contributed by atoms with E-state index in [2.05, 4.69) is 26.8 Å². The van der Waals surface area contributed by atoms with Crippen LogP contribution in [-0.4, -0.2) is 23.1 Å². The van der Waals surface area contributed by atoms with E-state index in [9.17, 15) is 4.79 Å². The third-order valence-electron chi connectivity index (χ3n) is 3.71. The first kappa shape index (κ1) is 15.6. The van der Waals surface area contributed by atoms with Gasteiger partial charge in [0.25, 0.3) is 0 Å². The lowest BCUT2D eigenvalue weighted by atomic mass is 9.82. The van der Waals surface area contributed by atoms with E-state index in [0.717, 1.165) is 11.7 Å². The van der Waals surface area contributed by atoms with E-state index in [4.69, 9.17) is 4.74 Å². The Morgan fingerprint density at radius 2 is 2.28 bits per heavy atom. The number of carbonyl (C=O) groups excluding carboxylic acids is 1. The van der Waals surface area contributed by atoms with Crippen LogP contribution in [0.4, 0.5) is 0 Å². The summed E-state index contributed by atoms with van der Waals surface area (Å²) in [5.74, 6) is 1.53. The van der Waals surface area contributed by atoms with Gasteiger partial charge in [-0.25, -0.2) is 0 Å². The number of carbonyl (C=O) groups is 1. The van der Waals surface area contributed by atoms with Crippen LogP contribution in [0.15, 0.2) is 11.6 Å². The predicted octanol–water partition coefficient (Wildman–Crippen LogP) is 4.20. The second kappa shape index (κ2) is 7.22.